The fraction of sp³-hybridized carbons (Fsp3) is 0.400. The molecule has 2 aromatic rings. The molecule has 0 aliphatic rings. The average Bonchev–Trinajstić information content (AvgIpc) is 2.63. The van der Waals surface area contributed by atoms with Crippen LogP contribution in [0.4, 0.5) is 0 Å². The van der Waals surface area contributed by atoms with E-state index in [1.165, 1.54) is 11.9 Å². The SMILES string of the molecule is COc1cc(C(C)C)cn2ncnc12. The van der Waals surface area contributed by atoms with Crippen molar-refractivity contribution in [2.45, 2.75) is 19.8 Å². The van der Waals surface area contributed by atoms with Crippen molar-refractivity contribution in [1.82, 2.24) is 14.6 Å². The van der Waals surface area contributed by atoms with E-state index >= 15 is 0 Å². The molecule has 0 fully saturated rings. The number of aromatic nitrogens is 3. The molecule has 0 unspecified atom stereocenters. The molecule has 2 heterocycles. The second-order valence-electron chi connectivity index (χ2n) is 3.52. The van der Waals surface area contributed by atoms with Crippen LogP contribution >= 0.6 is 0 Å². The third-order valence-electron chi connectivity index (χ3n) is 2.25. The Kier molecular flexibility index (Phi) is 2.11. The third kappa shape index (κ3) is 1.32. The van der Waals surface area contributed by atoms with Crippen molar-refractivity contribution < 1.29 is 4.74 Å². The minimum absolute atomic E-state index is 0.456. The maximum atomic E-state index is 5.25. The third-order valence-corrected chi connectivity index (χ3v) is 2.25. The maximum absolute atomic E-state index is 5.25. The molecule has 0 amide bonds. The van der Waals surface area contributed by atoms with Crippen LogP contribution in [0.2, 0.25) is 0 Å². The van der Waals surface area contributed by atoms with Gasteiger partial charge in [-0.05, 0) is 17.5 Å². The highest BCUT2D eigenvalue weighted by atomic mass is 16.5. The first-order chi connectivity index (χ1) is 6.72. The quantitative estimate of drug-likeness (QED) is 0.727. The minimum atomic E-state index is 0.456. The smallest absolute Gasteiger partial charge is 0.197 e. The number of ether oxygens (including phenoxy) is 1. The summed E-state index contributed by atoms with van der Waals surface area (Å²) in [6, 6.07) is 2.01. The van der Waals surface area contributed by atoms with E-state index in [4.69, 9.17) is 4.74 Å². The van der Waals surface area contributed by atoms with Gasteiger partial charge in [-0.3, -0.25) is 0 Å². The topological polar surface area (TPSA) is 39.4 Å². The molecular weight excluding hydrogens is 178 g/mol. The summed E-state index contributed by atoms with van der Waals surface area (Å²) in [5.74, 6) is 1.23. The molecule has 0 saturated heterocycles. The van der Waals surface area contributed by atoms with Crippen molar-refractivity contribution in [3.8, 4) is 5.75 Å². The highest BCUT2D eigenvalue weighted by Gasteiger charge is 2.08. The van der Waals surface area contributed by atoms with E-state index in [2.05, 4.69) is 23.9 Å². The number of hydrogen-bond acceptors (Lipinski definition) is 3. The van der Waals surface area contributed by atoms with Gasteiger partial charge in [-0.1, -0.05) is 13.8 Å². The number of pyridine rings is 1. The van der Waals surface area contributed by atoms with Gasteiger partial charge in [-0.2, -0.15) is 5.10 Å². The van der Waals surface area contributed by atoms with Gasteiger partial charge in [0.05, 0.1) is 7.11 Å². The summed E-state index contributed by atoms with van der Waals surface area (Å²) in [4.78, 5) is 4.12. The molecule has 14 heavy (non-hydrogen) atoms. The lowest BCUT2D eigenvalue weighted by atomic mass is 10.1. The summed E-state index contributed by atoms with van der Waals surface area (Å²) < 4.78 is 7.00. The zero-order valence-corrected chi connectivity index (χ0v) is 8.56. The molecule has 2 aromatic heterocycles. The van der Waals surface area contributed by atoms with Crippen LogP contribution in [0.15, 0.2) is 18.6 Å². The van der Waals surface area contributed by atoms with E-state index in [-0.39, 0.29) is 0 Å². The zero-order chi connectivity index (χ0) is 10.1. The fourth-order valence-corrected chi connectivity index (χ4v) is 1.38. The number of rotatable bonds is 2. The summed E-state index contributed by atoms with van der Waals surface area (Å²) in [7, 11) is 1.65. The molecule has 0 atom stereocenters. The van der Waals surface area contributed by atoms with Gasteiger partial charge in [0.25, 0.3) is 0 Å². The predicted octanol–water partition coefficient (Wildman–Crippen LogP) is 1.86. The molecule has 0 saturated carbocycles. The summed E-state index contributed by atoms with van der Waals surface area (Å²) in [6.45, 7) is 4.27. The number of methoxy groups -OCH3 is 1. The molecule has 74 valence electrons. The summed E-state index contributed by atoms with van der Waals surface area (Å²) in [6.07, 6.45) is 3.51. The van der Waals surface area contributed by atoms with Gasteiger partial charge in [0.15, 0.2) is 11.4 Å². The van der Waals surface area contributed by atoms with Crippen LogP contribution in [-0.2, 0) is 0 Å². The highest BCUT2D eigenvalue weighted by Crippen LogP contribution is 2.23. The molecule has 0 N–H and O–H groups in total. The van der Waals surface area contributed by atoms with E-state index in [9.17, 15) is 0 Å². The van der Waals surface area contributed by atoms with Crippen LogP contribution in [0.5, 0.6) is 5.75 Å². The van der Waals surface area contributed by atoms with Gasteiger partial charge < -0.3 is 4.74 Å². The van der Waals surface area contributed by atoms with Crippen molar-refractivity contribution in [2.24, 2.45) is 0 Å². The molecule has 4 nitrogen and oxygen atoms in total. The minimum Gasteiger partial charge on any atom is -0.493 e. The Labute approximate surface area is 82.5 Å². The molecule has 0 aromatic carbocycles. The zero-order valence-electron chi connectivity index (χ0n) is 8.56. The summed E-state index contributed by atoms with van der Waals surface area (Å²) >= 11 is 0. The molecule has 0 aliphatic carbocycles. The van der Waals surface area contributed by atoms with E-state index in [1.807, 2.05) is 12.3 Å². The predicted molar refractivity (Wildman–Crippen MR) is 53.6 cm³/mol. The monoisotopic (exact) mass is 191 g/mol. The Hall–Kier alpha value is -1.58. The molecule has 4 heteroatoms. The van der Waals surface area contributed by atoms with Gasteiger partial charge in [-0.15, -0.1) is 0 Å². The second kappa shape index (κ2) is 3.29. The number of fused-ring (bicyclic) bond motifs is 1. The molecule has 0 aliphatic heterocycles. The lowest BCUT2D eigenvalue weighted by molar-refractivity contribution is 0.415. The van der Waals surface area contributed by atoms with Gasteiger partial charge in [-0.25, -0.2) is 9.50 Å². The lowest BCUT2D eigenvalue weighted by Gasteiger charge is -2.08. The van der Waals surface area contributed by atoms with E-state index in [0.29, 0.717) is 5.92 Å². The van der Waals surface area contributed by atoms with Crippen molar-refractivity contribution in [1.29, 1.82) is 0 Å². The van der Waals surface area contributed by atoms with Crippen LogP contribution in [0, 0.1) is 0 Å². The first kappa shape index (κ1) is 8.99. The molecule has 2 rings (SSSR count). The second-order valence-corrected chi connectivity index (χ2v) is 3.52. The number of nitrogens with zero attached hydrogens (tertiary/aromatic N) is 3. The van der Waals surface area contributed by atoms with Crippen LogP contribution < -0.4 is 4.74 Å². The van der Waals surface area contributed by atoms with Gasteiger partial charge in [0.1, 0.15) is 6.33 Å². The van der Waals surface area contributed by atoms with Crippen molar-refractivity contribution in [3.05, 3.63) is 24.2 Å². The Balaban J connectivity index is 2.67. The van der Waals surface area contributed by atoms with Crippen molar-refractivity contribution in [3.63, 3.8) is 0 Å². The van der Waals surface area contributed by atoms with Gasteiger partial charge in [0.2, 0.25) is 0 Å². The first-order valence-electron chi connectivity index (χ1n) is 4.59. The highest BCUT2D eigenvalue weighted by molar-refractivity contribution is 5.54. The van der Waals surface area contributed by atoms with Crippen LogP contribution in [-0.4, -0.2) is 21.7 Å². The van der Waals surface area contributed by atoms with E-state index in [0.717, 1.165) is 11.4 Å². The summed E-state index contributed by atoms with van der Waals surface area (Å²) in [5.41, 5.74) is 1.96. The van der Waals surface area contributed by atoms with Crippen molar-refractivity contribution >= 4 is 5.65 Å². The van der Waals surface area contributed by atoms with E-state index in [1.54, 1.807) is 11.6 Å². The Bertz CT molecular complexity index is 448. The molecule has 0 bridgehead atoms. The standard InChI is InChI=1S/C10H13N3O/c1-7(2)8-4-9(14-3)10-11-6-12-13(10)5-8/h4-7H,1-3H3. The lowest BCUT2D eigenvalue weighted by Crippen LogP contribution is -1.97. The first-order valence-corrected chi connectivity index (χ1v) is 4.59. The molecule has 0 radical (unpaired) electrons. The van der Waals surface area contributed by atoms with Crippen molar-refractivity contribution in [2.75, 3.05) is 7.11 Å². The van der Waals surface area contributed by atoms with E-state index < -0.39 is 0 Å². The number of hydrogen-bond donors (Lipinski definition) is 0. The van der Waals surface area contributed by atoms with Gasteiger partial charge in [0, 0.05) is 6.20 Å². The maximum Gasteiger partial charge on any atom is 0.197 e. The largest absolute Gasteiger partial charge is 0.493 e. The normalized spacial score (nSPS) is 11.1. The molecule has 0 spiro atoms. The van der Waals surface area contributed by atoms with Gasteiger partial charge >= 0.3 is 0 Å². The molecular formula is C10H13N3O. The Morgan fingerprint density at radius 3 is 2.86 bits per heavy atom. The fourth-order valence-electron chi connectivity index (χ4n) is 1.38. The Morgan fingerprint density at radius 1 is 1.43 bits per heavy atom. The van der Waals surface area contributed by atoms with Crippen LogP contribution in [0.1, 0.15) is 25.3 Å². The van der Waals surface area contributed by atoms with Crippen LogP contribution in [0.3, 0.4) is 0 Å². The summed E-state index contributed by atoms with van der Waals surface area (Å²) in [5, 5.41) is 4.10. The van der Waals surface area contributed by atoms with Crippen LogP contribution in [0.25, 0.3) is 5.65 Å². The Morgan fingerprint density at radius 2 is 2.21 bits per heavy atom. The average molecular weight is 191 g/mol.